The van der Waals surface area contributed by atoms with E-state index in [1.807, 2.05) is 12.1 Å². The van der Waals surface area contributed by atoms with Crippen molar-refractivity contribution in [2.24, 2.45) is 0 Å². The van der Waals surface area contributed by atoms with E-state index in [9.17, 15) is 4.79 Å². The number of carbonyl (C=O) groups is 1. The smallest absolute Gasteiger partial charge is 0.196 e. The van der Waals surface area contributed by atoms with Gasteiger partial charge in [0.25, 0.3) is 0 Å². The summed E-state index contributed by atoms with van der Waals surface area (Å²) in [7, 11) is 0. The lowest BCUT2D eigenvalue weighted by Crippen LogP contribution is -2.33. The lowest BCUT2D eigenvalue weighted by molar-refractivity contribution is 0.103. The summed E-state index contributed by atoms with van der Waals surface area (Å²) >= 11 is 1.61. The first-order chi connectivity index (χ1) is 13.1. The Kier molecular flexibility index (Phi) is 3.92. The number of anilines is 1. The summed E-state index contributed by atoms with van der Waals surface area (Å²) in [5.74, 6) is 0.437. The Bertz CT molecular complexity index is 1040. The second-order valence-electron chi connectivity index (χ2n) is 7.72. The van der Waals surface area contributed by atoms with E-state index in [2.05, 4.69) is 48.2 Å². The average molecular weight is 375 g/mol. The summed E-state index contributed by atoms with van der Waals surface area (Å²) < 4.78 is 0. The number of benzene rings is 2. The van der Waals surface area contributed by atoms with Crippen molar-refractivity contribution in [2.75, 3.05) is 12.3 Å². The largest absolute Gasteiger partial charge is 0.390 e. The van der Waals surface area contributed by atoms with Crippen molar-refractivity contribution < 1.29 is 4.79 Å². The van der Waals surface area contributed by atoms with Gasteiger partial charge in [0, 0.05) is 36.0 Å². The Morgan fingerprint density at radius 2 is 2.00 bits per heavy atom. The molecule has 2 aromatic carbocycles. The van der Waals surface area contributed by atoms with Crippen LogP contribution in [0.1, 0.15) is 49.0 Å². The monoisotopic (exact) mass is 374 g/mol. The molecule has 1 unspecified atom stereocenters. The zero-order valence-corrected chi connectivity index (χ0v) is 16.2. The molecule has 2 heterocycles. The quantitative estimate of drug-likeness (QED) is 0.717. The molecule has 27 heavy (non-hydrogen) atoms. The first kappa shape index (κ1) is 16.7. The van der Waals surface area contributed by atoms with E-state index < -0.39 is 0 Å². The van der Waals surface area contributed by atoms with Crippen molar-refractivity contribution in [3.05, 3.63) is 86.8 Å². The summed E-state index contributed by atoms with van der Waals surface area (Å²) in [6.07, 6.45) is 0.907. The molecule has 3 nitrogen and oxygen atoms in total. The fourth-order valence-corrected chi connectivity index (χ4v) is 5.80. The highest BCUT2D eigenvalue weighted by Crippen LogP contribution is 2.45. The molecular formula is C23H22N2OS. The third-order valence-corrected chi connectivity index (χ3v) is 6.77. The highest BCUT2D eigenvalue weighted by Gasteiger charge is 2.37. The first-order valence-electron chi connectivity index (χ1n) is 9.41. The number of nitrogens with zero attached hydrogens (tertiary/aromatic N) is 1. The van der Waals surface area contributed by atoms with Crippen molar-refractivity contribution >= 4 is 22.1 Å². The lowest BCUT2D eigenvalue weighted by Gasteiger charge is -2.33. The van der Waals surface area contributed by atoms with Gasteiger partial charge in [-0.3, -0.25) is 9.69 Å². The number of hydrogen-bond acceptors (Lipinski definition) is 4. The summed E-state index contributed by atoms with van der Waals surface area (Å²) in [4.78, 5) is 17.0. The molecule has 0 spiro atoms. The third-order valence-electron chi connectivity index (χ3n) is 5.75. The standard InChI is InChI=1S/C23H22N2OS/c1-14-7-8-18-16(9-14)10-17-12-25(11-15-5-3-2-4-6-15)13-19-20(17)21(22(18)26)23(24)27-19/h2-9,17H,10-13,24H2,1H3. The van der Waals surface area contributed by atoms with Gasteiger partial charge in [-0.15, -0.1) is 11.3 Å². The van der Waals surface area contributed by atoms with E-state index in [1.165, 1.54) is 21.6 Å². The summed E-state index contributed by atoms with van der Waals surface area (Å²) in [5, 5.41) is 0.685. The lowest BCUT2D eigenvalue weighted by atomic mass is 9.88. The maximum Gasteiger partial charge on any atom is 0.196 e. The molecule has 0 saturated heterocycles. The number of rotatable bonds is 2. The molecule has 1 aliphatic carbocycles. The molecule has 3 aromatic rings. The minimum atomic E-state index is 0.110. The first-order valence-corrected chi connectivity index (χ1v) is 10.2. The van der Waals surface area contributed by atoms with Gasteiger partial charge in [0.2, 0.25) is 0 Å². The number of hydrogen-bond donors (Lipinski definition) is 1. The van der Waals surface area contributed by atoms with E-state index >= 15 is 0 Å². The average Bonchev–Trinajstić information content (AvgIpc) is 2.91. The Labute approximate surface area is 163 Å². The number of carbonyl (C=O) groups excluding carboxylic acids is 1. The molecule has 0 bridgehead atoms. The number of fused-ring (bicyclic) bond motifs is 1. The van der Waals surface area contributed by atoms with E-state index in [0.29, 0.717) is 10.9 Å². The van der Waals surface area contributed by atoms with Gasteiger partial charge in [-0.1, -0.05) is 54.1 Å². The highest BCUT2D eigenvalue weighted by atomic mass is 32.1. The van der Waals surface area contributed by atoms with Crippen molar-refractivity contribution in [2.45, 2.75) is 32.4 Å². The Morgan fingerprint density at radius 1 is 1.19 bits per heavy atom. The number of nitrogens with two attached hydrogens (primary N) is 1. The van der Waals surface area contributed by atoms with Gasteiger partial charge in [0.15, 0.2) is 5.78 Å². The van der Waals surface area contributed by atoms with Gasteiger partial charge in [-0.05, 0) is 30.0 Å². The van der Waals surface area contributed by atoms with Crippen LogP contribution in [0, 0.1) is 6.92 Å². The summed E-state index contributed by atoms with van der Waals surface area (Å²) in [6, 6.07) is 16.8. The number of aryl methyl sites for hydroxylation is 1. The molecule has 4 heteroatoms. The van der Waals surface area contributed by atoms with Crippen LogP contribution in [-0.2, 0) is 19.5 Å². The fraction of sp³-hybridized carbons (Fsp3) is 0.261. The zero-order valence-electron chi connectivity index (χ0n) is 15.4. The summed E-state index contributed by atoms with van der Waals surface area (Å²) in [6.45, 7) is 4.86. The zero-order chi connectivity index (χ0) is 18.5. The normalized spacial score (nSPS) is 18.7. The summed E-state index contributed by atoms with van der Waals surface area (Å²) in [5.41, 5.74) is 12.9. The van der Waals surface area contributed by atoms with Gasteiger partial charge < -0.3 is 5.73 Å². The van der Waals surface area contributed by atoms with E-state index in [-0.39, 0.29) is 5.78 Å². The minimum absolute atomic E-state index is 0.110. The molecule has 5 rings (SSSR count). The highest BCUT2D eigenvalue weighted by molar-refractivity contribution is 7.16. The maximum absolute atomic E-state index is 13.2. The van der Waals surface area contributed by atoms with E-state index in [1.54, 1.807) is 11.3 Å². The maximum atomic E-state index is 13.2. The van der Waals surface area contributed by atoms with Crippen LogP contribution in [0.4, 0.5) is 5.00 Å². The number of thiophene rings is 1. The molecule has 1 aliphatic heterocycles. The van der Waals surface area contributed by atoms with Gasteiger partial charge in [0.05, 0.1) is 10.6 Å². The predicted molar refractivity (Wildman–Crippen MR) is 110 cm³/mol. The van der Waals surface area contributed by atoms with Crippen LogP contribution in [0.15, 0.2) is 48.5 Å². The Hall–Kier alpha value is -2.43. The van der Waals surface area contributed by atoms with Crippen molar-refractivity contribution in [3.63, 3.8) is 0 Å². The van der Waals surface area contributed by atoms with E-state index in [4.69, 9.17) is 5.73 Å². The van der Waals surface area contributed by atoms with Crippen molar-refractivity contribution in [1.82, 2.24) is 4.90 Å². The molecule has 136 valence electrons. The van der Waals surface area contributed by atoms with Crippen LogP contribution in [0.3, 0.4) is 0 Å². The van der Waals surface area contributed by atoms with Crippen LogP contribution in [0.5, 0.6) is 0 Å². The number of nitrogen functional groups attached to an aromatic ring is 1. The molecule has 0 fully saturated rings. The molecular weight excluding hydrogens is 352 g/mol. The van der Waals surface area contributed by atoms with Crippen LogP contribution in [-0.4, -0.2) is 17.2 Å². The van der Waals surface area contributed by atoms with Crippen LogP contribution in [0.25, 0.3) is 0 Å². The van der Waals surface area contributed by atoms with Gasteiger partial charge in [0.1, 0.15) is 0 Å². The molecule has 0 amide bonds. The molecule has 0 saturated carbocycles. The SMILES string of the molecule is Cc1ccc2c(c1)CC1CN(Cc3ccccc3)Cc3sc(N)c(c31)C2=O. The van der Waals surface area contributed by atoms with Crippen LogP contribution in [0.2, 0.25) is 0 Å². The topological polar surface area (TPSA) is 46.3 Å². The van der Waals surface area contributed by atoms with Gasteiger partial charge in [-0.2, -0.15) is 0 Å². The molecule has 1 aromatic heterocycles. The van der Waals surface area contributed by atoms with Crippen molar-refractivity contribution in [1.29, 1.82) is 0 Å². The van der Waals surface area contributed by atoms with Crippen LogP contribution >= 0.6 is 11.3 Å². The number of ketones is 1. The van der Waals surface area contributed by atoms with Gasteiger partial charge in [-0.25, -0.2) is 0 Å². The molecule has 2 N–H and O–H groups in total. The third kappa shape index (κ3) is 2.80. The van der Waals surface area contributed by atoms with E-state index in [0.717, 1.165) is 42.7 Å². The second-order valence-corrected chi connectivity index (χ2v) is 8.86. The predicted octanol–water partition coefficient (Wildman–Crippen LogP) is 4.53. The Morgan fingerprint density at radius 3 is 2.81 bits per heavy atom. The van der Waals surface area contributed by atoms with Crippen LogP contribution < -0.4 is 5.73 Å². The second kappa shape index (κ2) is 6.32. The molecule has 2 aliphatic rings. The minimum Gasteiger partial charge on any atom is -0.390 e. The molecule has 1 atom stereocenters. The fourth-order valence-electron chi connectivity index (χ4n) is 4.61. The van der Waals surface area contributed by atoms with Gasteiger partial charge >= 0.3 is 0 Å². The Balaban J connectivity index is 1.57. The van der Waals surface area contributed by atoms with Crippen molar-refractivity contribution in [3.8, 4) is 0 Å². The molecule has 0 radical (unpaired) electrons.